The molecule has 118 valence electrons. The Morgan fingerprint density at radius 2 is 1.82 bits per heavy atom. The number of hydrogen-bond donors (Lipinski definition) is 1. The molecule has 0 fully saturated rings. The fraction of sp³-hybridized carbons (Fsp3) is 0.286. The Hall–Kier alpha value is -2.35. The minimum Gasteiger partial charge on any atom is -0.479 e. The number of rotatable bonds is 6. The van der Waals surface area contributed by atoms with Crippen molar-refractivity contribution in [2.24, 2.45) is 0 Å². The molecule has 0 saturated carbocycles. The van der Waals surface area contributed by atoms with Crippen molar-refractivity contribution >= 4 is 15.7 Å². The van der Waals surface area contributed by atoms with Crippen molar-refractivity contribution in [3.63, 3.8) is 0 Å². The van der Waals surface area contributed by atoms with Crippen LogP contribution in [-0.4, -0.2) is 32.6 Å². The Morgan fingerprint density at radius 1 is 1.14 bits per heavy atom. The molecule has 8 heteroatoms. The number of ether oxygens (including phenoxy) is 2. The Morgan fingerprint density at radius 3 is 2.36 bits per heavy atom. The first kappa shape index (κ1) is 16.0. The summed E-state index contributed by atoms with van der Waals surface area (Å²) >= 11 is 0. The van der Waals surface area contributed by atoms with Crippen LogP contribution < -0.4 is 14.2 Å². The maximum atomic E-state index is 12.4. The average molecular weight is 323 g/mol. The second-order valence-corrected chi connectivity index (χ2v) is 6.07. The van der Waals surface area contributed by atoms with E-state index in [-0.39, 0.29) is 22.5 Å². The number of aromatic nitrogens is 2. The van der Waals surface area contributed by atoms with Gasteiger partial charge in [-0.25, -0.2) is 13.4 Å². The third kappa shape index (κ3) is 3.45. The molecular weight excluding hydrogens is 306 g/mol. The summed E-state index contributed by atoms with van der Waals surface area (Å²) in [7, 11) is -0.946. The lowest BCUT2D eigenvalue weighted by Gasteiger charge is -2.11. The van der Waals surface area contributed by atoms with Crippen LogP contribution in [0.1, 0.15) is 12.5 Å². The highest BCUT2D eigenvalue weighted by Crippen LogP contribution is 2.25. The first-order valence-electron chi connectivity index (χ1n) is 6.57. The van der Waals surface area contributed by atoms with E-state index in [1.807, 2.05) is 6.92 Å². The Balaban J connectivity index is 2.31. The summed E-state index contributed by atoms with van der Waals surface area (Å²) in [6.45, 7) is 2.00. The van der Waals surface area contributed by atoms with Crippen LogP contribution in [0, 0.1) is 0 Å². The number of nitrogens with zero attached hydrogens (tertiary/aromatic N) is 2. The highest BCUT2D eigenvalue weighted by atomic mass is 32.2. The molecule has 0 aliphatic rings. The van der Waals surface area contributed by atoms with Crippen molar-refractivity contribution < 1.29 is 17.9 Å². The van der Waals surface area contributed by atoms with E-state index in [0.29, 0.717) is 0 Å². The lowest BCUT2D eigenvalue weighted by molar-refractivity contribution is 0.353. The number of anilines is 1. The van der Waals surface area contributed by atoms with Gasteiger partial charge in [0.25, 0.3) is 10.0 Å². The molecule has 0 spiro atoms. The summed E-state index contributed by atoms with van der Waals surface area (Å²) in [6, 6.07) is 6.75. The van der Waals surface area contributed by atoms with Gasteiger partial charge in [-0.3, -0.25) is 4.72 Å². The number of hydrogen-bond acceptors (Lipinski definition) is 6. The van der Waals surface area contributed by atoms with E-state index in [1.165, 1.54) is 20.4 Å². The van der Waals surface area contributed by atoms with E-state index in [4.69, 9.17) is 9.47 Å². The lowest BCUT2D eigenvalue weighted by atomic mass is 10.2. The molecule has 0 unspecified atom stereocenters. The largest absolute Gasteiger partial charge is 0.479 e. The van der Waals surface area contributed by atoms with Gasteiger partial charge in [0.1, 0.15) is 5.69 Å². The van der Waals surface area contributed by atoms with Crippen molar-refractivity contribution in [3.05, 3.63) is 36.0 Å². The minimum atomic E-state index is -3.74. The van der Waals surface area contributed by atoms with E-state index in [0.717, 1.165) is 12.0 Å². The molecule has 0 atom stereocenters. The summed E-state index contributed by atoms with van der Waals surface area (Å²) in [5.41, 5.74) is 1.20. The third-order valence-electron chi connectivity index (χ3n) is 2.99. The predicted octanol–water partition coefficient (Wildman–Crippen LogP) is 1.86. The fourth-order valence-corrected chi connectivity index (χ4v) is 2.82. The molecular formula is C14H17N3O4S. The van der Waals surface area contributed by atoms with Gasteiger partial charge in [0.2, 0.25) is 5.88 Å². The van der Waals surface area contributed by atoms with E-state index in [2.05, 4.69) is 14.7 Å². The van der Waals surface area contributed by atoms with Crippen LogP contribution in [0.25, 0.3) is 0 Å². The molecule has 1 aromatic heterocycles. The average Bonchev–Trinajstić information content (AvgIpc) is 2.55. The zero-order valence-corrected chi connectivity index (χ0v) is 13.3. The van der Waals surface area contributed by atoms with Gasteiger partial charge in [0.15, 0.2) is 0 Å². The normalized spacial score (nSPS) is 11.0. The minimum absolute atomic E-state index is 0.0839. The summed E-state index contributed by atoms with van der Waals surface area (Å²) in [4.78, 5) is 7.96. The number of benzene rings is 1. The highest BCUT2D eigenvalue weighted by molar-refractivity contribution is 7.92. The first-order chi connectivity index (χ1) is 10.5. The molecule has 0 aliphatic carbocycles. The molecule has 2 aromatic rings. The SMILES string of the molecule is CCc1ccc(S(=O)(=O)Nc2cnc(OC)nc2OC)cc1. The Kier molecular flexibility index (Phi) is 4.81. The van der Waals surface area contributed by atoms with E-state index in [9.17, 15) is 8.42 Å². The first-order valence-corrected chi connectivity index (χ1v) is 8.05. The summed E-state index contributed by atoms with van der Waals surface area (Å²) < 4.78 is 37.1. The number of nitrogens with one attached hydrogen (secondary N) is 1. The van der Waals surface area contributed by atoms with Crippen LogP contribution in [0.5, 0.6) is 11.9 Å². The molecule has 1 heterocycles. The Labute approximate surface area is 129 Å². The van der Waals surface area contributed by atoms with Crippen molar-refractivity contribution in [3.8, 4) is 11.9 Å². The summed E-state index contributed by atoms with van der Waals surface area (Å²) in [5, 5.41) is 0. The molecule has 7 nitrogen and oxygen atoms in total. The van der Waals surface area contributed by atoms with Gasteiger partial charge < -0.3 is 9.47 Å². The zero-order chi connectivity index (χ0) is 16.2. The number of aryl methyl sites for hydroxylation is 1. The van der Waals surface area contributed by atoms with Gasteiger partial charge in [-0.15, -0.1) is 0 Å². The second-order valence-electron chi connectivity index (χ2n) is 4.38. The molecule has 0 amide bonds. The third-order valence-corrected chi connectivity index (χ3v) is 4.38. The number of methoxy groups -OCH3 is 2. The lowest BCUT2D eigenvalue weighted by Crippen LogP contribution is -2.14. The van der Waals surface area contributed by atoms with E-state index < -0.39 is 10.0 Å². The van der Waals surface area contributed by atoms with Crippen LogP contribution in [0.3, 0.4) is 0 Å². The molecule has 0 radical (unpaired) electrons. The van der Waals surface area contributed by atoms with Crippen LogP contribution in [0.15, 0.2) is 35.4 Å². The summed E-state index contributed by atoms with van der Waals surface area (Å²) in [5.74, 6) is 0.0839. The standard InChI is InChI=1S/C14H17N3O4S/c1-4-10-5-7-11(8-6-10)22(18,19)17-12-9-15-14(21-3)16-13(12)20-2/h5-9,17H,4H2,1-3H3. The molecule has 0 bridgehead atoms. The van der Waals surface area contributed by atoms with Gasteiger partial charge in [0, 0.05) is 0 Å². The van der Waals surface area contributed by atoms with E-state index >= 15 is 0 Å². The topological polar surface area (TPSA) is 90.4 Å². The summed E-state index contributed by atoms with van der Waals surface area (Å²) in [6.07, 6.45) is 2.14. The van der Waals surface area contributed by atoms with Crippen molar-refractivity contribution in [1.29, 1.82) is 0 Å². The molecule has 0 aliphatic heterocycles. The van der Waals surface area contributed by atoms with Crippen LogP contribution >= 0.6 is 0 Å². The second kappa shape index (κ2) is 6.61. The fourth-order valence-electron chi connectivity index (χ4n) is 1.78. The van der Waals surface area contributed by atoms with E-state index in [1.54, 1.807) is 24.3 Å². The van der Waals surface area contributed by atoms with Gasteiger partial charge in [-0.2, -0.15) is 4.98 Å². The molecule has 0 saturated heterocycles. The van der Waals surface area contributed by atoms with Crippen molar-refractivity contribution in [2.75, 3.05) is 18.9 Å². The zero-order valence-electron chi connectivity index (χ0n) is 12.5. The van der Waals surface area contributed by atoms with Crippen molar-refractivity contribution in [1.82, 2.24) is 9.97 Å². The Bertz CT molecular complexity index is 745. The van der Waals surface area contributed by atoms with Crippen LogP contribution in [0.2, 0.25) is 0 Å². The van der Waals surface area contributed by atoms with Gasteiger partial charge >= 0.3 is 6.01 Å². The maximum Gasteiger partial charge on any atom is 0.319 e. The maximum absolute atomic E-state index is 12.4. The molecule has 2 rings (SSSR count). The highest BCUT2D eigenvalue weighted by Gasteiger charge is 2.18. The number of sulfonamides is 1. The van der Waals surface area contributed by atoms with Gasteiger partial charge in [0.05, 0.1) is 25.3 Å². The molecule has 22 heavy (non-hydrogen) atoms. The molecule has 1 aromatic carbocycles. The van der Waals surface area contributed by atoms with Gasteiger partial charge in [-0.1, -0.05) is 19.1 Å². The smallest absolute Gasteiger partial charge is 0.319 e. The van der Waals surface area contributed by atoms with Crippen LogP contribution in [0.4, 0.5) is 5.69 Å². The van der Waals surface area contributed by atoms with Crippen LogP contribution in [-0.2, 0) is 16.4 Å². The monoisotopic (exact) mass is 323 g/mol. The van der Waals surface area contributed by atoms with Gasteiger partial charge in [-0.05, 0) is 24.1 Å². The molecule has 1 N–H and O–H groups in total. The van der Waals surface area contributed by atoms with Crippen molar-refractivity contribution in [2.45, 2.75) is 18.2 Å². The predicted molar refractivity (Wildman–Crippen MR) is 81.8 cm³/mol. The quantitative estimate of drug-likeness (QED) is 0.872.